The lowest BCUT2D eigenvalue weighted by molar-refractivity contribution is 0.150. The third-order valence-electron chi connectivity index (χ3n) is 6.15. The van der Waals surface area contributed by atoms with Gasteiger partial charge in [0.25, 0.3) is 0 Å². The van der Waals surface area contributed by atoms with Crippen molar-refractivity contribution in [1.29, 1.82) is 0 Å². The number of nitrogens with one attached hydrogen (secondary N) is 2. The summed E-state index contributed by atoms with van der Waals surface area (Å²) in [6.45, 7) is 4.53. The molecule has 0 saturated carbocycles. The van der Waals surface area contributed by atoms with Gasteiger partial charge in [0.1, 0.15) is 17.3 Å². The van der Waals surface area contributed by atoms with Crippen LogP contribution in [0.1, 0.15) is 13.3 Å². The van der Waals surface area contributed by atoms with E-state index in [1.807, 2.05) is 49.9 Å². The third-order valence-corrected chi connectivity index (χ3v) is 6.15. The number of rotatable bonds is 5. The largest absolute Gasteiger partial charge is 0.495 e. The van der Waals surface area contributed by atoms with Crippen LogP contribution in [-0.4, -0.2) is 47.5 Å². The number of hydrogen-bond donors (Lipinski definition) is 3. The standard InChI is InChI=1S/C24H29N7O2/c1-24(7-9-33-15-24)14-31-13-17-6-8-26-22(25)21(17)29-23(31)28-19-5-4-16(10-20(19)32-3)18-11-27-30(2)12-18/h4-6,8,10-13,26H,7,9,14-15,25H2,1-3H3,(H,28,29)/t24-/m1/s1. The van der Waals surface area contributed by atoms with Gasteiger partial charge in [-0.05, 0) is 30.2 Å². The van der Waals surface area contributed by atoms with Gasteiger partial charge in [0, 0.05) is 55.3 Å². The van der Waals surface area contributed by atoms with E-state index in [4.69, 9.17) is 20.2 Å². The Balaban J connectivity index is 1.48. The van der Waals surface area contributed by atoms with Crippen LogP contribution in [0.4, 0.5) is 5.69 Å². The number of aliphatic imine (C=N–C) groups is 1. The SMILES string of the molecule is COc1cc(-c2cnn(C)c2)ccc1NC1=NC2=C(N)NC=CC2=CN1C[C@@]1(C)CCOC1. The molecule has 4 N–H and O–H groups in total. The summed E-state index contributed by atoms with van der Waals surface area (Å²) in [5, 5.41) is 10.8. The molecule has 1 fully saturated rings. The molecule has 2 aromatic rings. The Morgan fingerprint density at radius 2 is 2.21 bits per heavy atom. The summed E-state index contributed by atoms with van der Waals surface area (Å²) in [4.78, 5) is 7.03. The second-order valence-electron chi connectivity index (χ2n) is 8.94. The number of nitrogens with zero attached hydrogens (tertiary/aromatic N) is 4. The second kappa shape index (κ2) is 8.32. The van der Waals surface area contributed by atoms with Crippen molar-refractivity contribution in [2.45, 2.75) is 13.3 Å². The van der Waals surface area contributed by atoms with Gasteiger partial charge in [-0.25, -0.2) is 4.99 Å². The van der Waals surface area contributed by atoms with Crippen LogP contribution in [-0.2, 0) is 11.8 Å². The molecule has 0 aliphatic carbocycles. The third kappa shape index (κ3) is 4.19. The average Bonchev–Trinajstić information content (AvgIpc) is 3.43. The van der Waals surface area contributed by atoms with E-state index in [0.29, 0.717) is 17.5 Å². The molecule has 1 saturated heterocycles. The zero-order chi connectivity index (χ0) is 23.0. The van der Waals surface area contributed by atoms with Crippen LogP contribution in [0.2, 0.25) is 0 Å². The van der Waals surface area contributed by atoms with E-state index >= 15 is 0 Å². The summed E-state index contributed by atoms with van der Waals surface area (Å²) < 4.78 is 13.2. The van der Waals surface area contributed by atoms with Gasteiger partial charge in [0.15, 0.2) is 0 Å². The summed E-state index contributed by atoms with van der Waals surface area (Å²) in [6.07, 6.45) is 10.7. The van der Waals surface area contributed by atoms with Crippen LogP contribution in [0.25, 0.3) is 11.1 Å². The molecular formula is C24H29N7O2. The molecule has 0 amide bonds. The fraction of sp³-hybridized carbons (Fsp3) is 0.333. The first kappa shape index (κ1) is 21.1. The minimum absolute atomic E-state index is 0.0388. The second-order valence-corrected chi connectivity index (χ2v) is 8.94. The van der Waals surface area contributed by atoms with Crippen LogP contribution in [0.5, 0.6) is 5.75 Å². The van der Waals surface area contributed by atoms with Gasteiger partial charge in [-0.15, -0.1) is 0 Å². The van der Waals surface area contributed by atoms with E-state index in [-0.39, 0.29) is 5.41 Å². The van der Waals surface area contributed by atoms with Crippen molar-refractivity contribution in [1.82, 2.24) is 20.0 Å². The lowest BCUT2D eigenvalue weighted by Crippen LogP contribution is -2.42. The molecular weight excluding hydrogens is 418 g/mol. The smallest absolute Gasteiger partial charge is 0.208 e. The maximum atomic E-state index is 6.19. The number of dihydropyridines is 1. The Morgan fingerprint density at radius 3 is 2.94 bits per heavy atom. The molecule has 1 atom stereocenters. The highest BCUT2D eigenvalue weighted by Gasteiger charge is 2.34. The highest BCUT2D eigenvalue weighted by molar-refractivity contribution is 5.98. The Hall–Kier alpha value is -3.72. The molecule has 3 aliphatic heterocycles. The first-order valence-electron chi connectivity index (χ1n) is 11.0. The van der Waals surface area contributed by atoms with Gasteiger partial charge in [0.05, 0.1) is 25.6 Å². The highest BCUT2D eigenvalue weighted by Crippen LogP contribution is 2.34. The molecule has 3 aliphatic rings. The molecule has 0 spiro atoms. The molecule has 4 heterocycles. The summed E-state index contributed by atoms with van der Waals surface area (Å²) in [5.74, 6) is 1.93. The zero-order valence-electron chi connectivity index (χ0n) is 19.1. The maximum Gasteiger partial charge on any atom is 0.208 e. The number of anilines is 1. The van der Waals surface area contributed by atoms with Gasteiger partial charge in [0.2, 0.25) is 5.96 Å². The molecule has 33 heavy (non-hydrogen) atoms. The van der Waals surface area contributed by atoms with Crippen molar-refractivity contribution < 1.29 is 9.47 Å². The van der Waals surface area contributed by atoms with Crippen molar-refractivity contribution in [3.8, 4) is 16.9 Å². The summed E-state index contributed by atoms with van der Waals surface area (Å²) in [6, 6.07) is 6.04. The van der Waals surface area contributed by atoms with Crippen LogP contribution in [0, 0.1) is 5.41 Å². The molecule has 0 radical (unpaired) electrons. The number of methoxy groups -OCH3 is 1. The van der Waals surface area contributed by atoms with Crippen molar-refractivity contribution in [3.05, 3.63) is 66.2 Å². The van der Waals surface area contributed by atoms with Crippen molar-refractivity contribution >= 4 is 11.6 Å². The minimum Gasteiger partial charge on any atom is -0.495 e. The first-order valence-corrected chi connectivity index (χ1v) is 11.0. The van der Waals surface area contributed by atoms with Crippen LogP contribution in [0.3, 0.4) is 0 Å². The van der Waals surface area contributed by atoms with Gasteiger partial charge < -0.3 is 30.7 Å². The number of aromatic nitrogens is 2. The predicted octanol–water partition coefficient (Wildman–Crippen LogP) is 2.73. The molecule has 0 bridgehead atoms. The Labute approximate surface area is 193 Å². The monoisotopic (exact) mass is 447 g/mol. The lowest BCUT2D eigenvalue weighted by Gasteiger charge is -2.35. The molecule has 5 rings (SSSR count). The minimum atomic E-state index is 0.0388. The fourth-order valence-corrected chi connectivity index (χ4v) is 4.28. The quantitative estimate of drug-likeness (QED) is 0.648. The lowest BCUT2D eigenvalue weighted by atomic mass is 9.89. The Bertz CT molecular complexity index is 1190. The van der Waals surface area contributed by atoms with Crippen LogP contribution >= 0.6 is 0 Å². The Kier molecular flexibility index (Phi) is 5.33. The maximum absolute atomic E-state index is 6.19. The summed E-state index contributed by atoms with van der Waals surface area (Å²) >= 11 is 0. The average molecular weight is 448 g/mol. The van der Waals surface area contributed by atoms with Crippen molar-refractivity contribution in [2.24, 2.45) is 23.2 Å². The Morgan fingerprint density at radius 1 is 1.33 bits per heavy atom. The van der Waals surface area contributed by atoms with E-state index in [0.717, 1.165) is 54.3 Å². The molecule has 1 aromatic heterocycles. The number of aryl methyl sites for hydroxylation is 1. The number of ether oxygens (including phenoxy) is 2. The van der Waals surface area contributed by atoms with Crippen LogP contribution < -0.4 is 21.1 Å². The molecule has 0 unspecified atom stereocenters. The summed E-state index contributed by atoms with van der Waals surface area (Å²) in [7, 11) is 3.57. The fourth-order valence-electron chi connectivity index (χ4n) is 4.28. The van der Waals surface area contributed by atoms with E-state index < -0.39 is 0 Å². The van der Waals surface area contributed by atoms with Crippen LogP contribution in [0.15, 0.2) is 71.2 Å². The number of nitrogens with two attached hydrogens (primary N) is 1. The number of benzene rings is 1. The van der Waals surface area contributed by atoms with Gasteiger partial charge in [-0.2, -0.15) is 5.10 Å². The highest BCUT2D eigenvalue weighted by atomic mass is 16.5. The summed E-state index contributed by atoms with van der Waals surface area (Å²) in [5.41, 5.74) is 10.8. The topological polar surface area (TPSA) is 102 Å². The molecule has 1 aromatic carbocycles. The molecule has 9 heteroatoms. The first-order chi connectivity index (χ1) is 15.9. The zero-order valence-corrected chi connectivity index (χ0v) is 19.1. The van der Waals surface area contributed by atoms with E-state index in [2.05, 4.69) is 33.8 Å². The van der Waals surface area contributed by atoms with E-state index in [1.54, 1.807) is 11.8 Å². The van der Waals surface area contributed by atoms with Crippen molar-refractivity contribution in [2.75, 3.05) is 32.2 Å². The number of hydrogen-bond acceptors (Lipinski definition) is 8. The predicted molar refractivity (Wildman–Crippen MR) is 128 cm³/mol. The van der Waals surface area contributed by atoms with E-state index in [1.165, 1.54) is 0 Å². The van der Waals surface area contributed by atoms with E-state index in [9.17, 15) is 0 Å². The van der Waals surface area contributed by atoms with Gasteiger partial charge >= 0.3 is 0 Å². The molecule has 9 nitrogen and oxygen atoms in total. The number of guanidine groups is 1. The number of fused-ring (bicyclic) bond motifs is 1. The molecule has 172 valence electrons. The normalized spacial score (nSPS) is 22.0. The van der Waals surface area contributed by atoms with Crippen molar-refractivity contribution in [3.63, 3.8) is 0 Å². The number of allylic oxidation sites excluding steroid dienone is 1. The van der Waals surface area contributed by atoms with Gasteiger partial charge in [-0.1, -0.05) is 13.0 Å². The van der Waals surface area contributed by atoms with Gasteiger partial charge in [-0.3, -0.25) is 4.68 Å².